The van der Waals surface area contributed by atoms with Gasteiger partial charge >= 0.3 is 51.0 Å². The molecule has 0 unspecified atom stereocenters. The van der Waals surface area contributed by atoms with Gasteiger partial charge in [-0.05, 0) is 24.3 Å². The van der Waals surface area contributed by atoms with Gasteiger partial charge in [0.1, 0.15) is 0 Å². The summed E-state index contributed by atoms with van der Waals surface area (Å²) in [4.78, 5) is 101. The molecule has 20 heteroatoms. The average molecular weight is 580 g/mol. The minimum Gasteiger partial charge on any atom is -0.478 e. The predicted molar refractivity (Wildman–Crippen MR) is 118 cm³/mol. The predicted octanol–water partition coefficient (Wildman–Crippen LogP) is -0.832. The first-order valence-electron chi connectivity index (χ1n) is 8.99. The van der Waals surface area contributed by atoms with Crippen molar-refractivity contribution >= 4 is 61.6 Å². The van der Waals surface area contributed by atoms with Crippen LogP contribution >= 0.6 is 15.2 Å². The maximum absolute atomic E-state index is 11.2. The van der Waals surface area contributed by atoms with Gasteiger partial charge in [0.15, 0.2) is 0 Å². The molecule has 10 N–H and O–H groups in total. The Bertz CT molecular complexity index is 1480. The van der Waals surface area contributed by atoms with Crippen LogP contribution in [0, 0.1) is 0 Å². The fraction of sp³-hybridized carbons (Fsp3) is 0. The molecule has 0 bridgehead atoms. The summed E-state index contributed by atoms with van der Waals surface area (Å²) in [7, 11) is -10.2. The van der Waals surface area contributed by atoms with E-state index in [1.807, 2.05) is 0 Å². The lowest BCUT2D eigenvalue weighted by atomic mass is 10.0. The fourth-order valence-corrected chi connectivity index (χ4v) is 4.41. The Morgan fingerprint density at radius 1 is 0.474 bits per heavy atom. The lowest BCUT2D eigenvalue weighted by Gasteiger charge is -2.12. The maximum atomic E-state index is 11.2. The molecule has 0 aliphatic carbocycles. The van der Waals surface area contributed by atoms with Gasteiger partial charge < -0.3 is 50.2 Å². The number of hydrogen-bond acceptors (Lipinski definition) is 8. The fourth-order valence-electron chi connectivity index (χ4n) is 2.82. The van der Waals surface area contributed by atoms with Gasteiger partial charge in [0.2, 0.25) is 0 Å². The highest BCUT2D eigenvalue weighted by Gasteiger charge is 2.34. The Morgan fingerprint density at radius 2 is 0.895 bits per heavy atom. The van der Waals surface area contributed by atoms with E-state index in [1.54, 1.807) is 0 Å². The SMILES string of the molecule is O=C(O)c1cc(C(=O)O)c(C(=O)O)c(P(=O)(O)O)c1.O=C(O)c1ccc(P(=O)(O)O)c(C(=O)O)c1C(=O)O. The van der Waals surface area contributed by atoms with Crippen molar-refractivity contribution in [2.75, 3.05) is 0 Å². The molecule has 0 aliphatic rings. The van der Waals surface area contributed by atoms with E-state index in [4.69, 9.17) is 50.2 Å². The van der Waals surface area contributed by atoms with Crippen molar-refractivity contribution in [3.8, 4) is 0 Å². The molecule has 2 aromatic rings. The first-order chi connectivity index (χ1) is 17.1. The van der Waals surface area contributed by atoms with Crippen molar-refractivity contribution in [2.45, 2.75) is 0 Å². The van der Waals surface area contributed by atoms with Gasteiger partial charge in [0.05, 0.1) is 44.0 Å². The summed E-state index contributed by atoms with van der Waals surface area (Å²) in [5, 5.41) is 50.6. The highest BCUT2D eigenvalue weighted by Crippen LogP contribution is 2.37. The lowest BCUT2D eigenvalue weighted by Crippen LogP contribution is -2.24. The average Bonchev–Trinajstić information content (AvgIpc) is 2.75. The Balaban J connectivity index is 0.000000380. The van der Waals surface area contributed by atoms with Crippen molar-refractivity contribution in [2.24, 2.45) is 0 Å². The van der Waals surface area contributed by atoms with Gasteiger partial charge in [-0.25, -0.2) is 28.8 Å². The van der Waals surface area contributed by atoms with Gasteiger partial charge in [0.25, 0.3) is 0 Å². The van der Waals surface area contributed by atoms with Crippen LogP contribution in [0.2, 0.25) is 0 Å². The number of carboxylic acids is 6. The van der Waals surface area contributed by atoms with Crippen LogP contribution in [0.25, 0.3) is 0 Å². The molecule has 204 valence electrons. The number of benzene rings is 2. The van der Waals surface area contributed by atoms with Crippen LogP contribution in [0.1, 0.15) is 62.1 Å². The zero-order chi connectivity index (χ0) is 29.9. The molecule has 0 aromatic heterocycles. The number of rotatable bonds is 8. The normalized spacial score (nSPS) is 11.1. The quantitative estimate of drug-likeness (QED) is 0.170. The van der Waals surface area contributed by atoms with E-state index in [9.17, 15) is 37.9 Å². The summed E-state index contributed by atoms with van der Waals surface area (Å²) in [5.74, 6) is -10.9. The Morgan fingerprint density at radius 3 is 1.21 bits per heavy atom. The van der Waals surface area contributed by atoms with E-state index < -0.39 is 95.0 Å². The van der Waals surface area contributed by atoms with Crippen molar-refractivity contribution in [3.63, 3.8) is 0 Å². The minimum absolute atomic E-state index is 0.443. The molecular weight excluding hydrogens is 566 g/mol. The summed E-state index contributed by atoms with van der Waals surface area (Å²) in [6, 6.07) is 2.18. The molecule has 0 fully saturated rings. The highest BCUT2D eigenvalue weighted by molar-refractivity contribution is 7.60. The molecule has 0 heterocycles. The van der Waals surface area contributed by atoms with Gasteiger partial charge in [-0.15, -0.1) is 0 Å². The van der Waals surface area contributed by atoms with E-state index in [2.05, 4.69) is 0 Å². The van der Waals surface area contributed by atoms with E-state index >= 15 is 0 Å². The Hall–Kier alpha value is -4.44. The van der Waals surface area contributed by atoms with Crippen molar-refractivity contribution < 1.29 is 88.1 Å². The van der Waals surface area contributed by atoms with E-state index in [1.165, 1.54) is 0 Å². The molecule has 0 atom stereocenters. The van der Waals surface area contributed by atoms with E-state index in [0.29, 0.717) is 24.3 Å². The molecule has 2 aromatic carbocycles. The van der Waals surface area contributed by atoms with Crippen LogP contribution in [0.15, 0.2) is 24.3 Å². The second kappa shape index (κ2) is 11.3. The third-order valence-corrected chi connectivity index (χ3v) is 6.26. The number of hydrogen-bond donors (Lipinski definition) is 10. The smallest absolute Gasteiger partial charge is 0.357 e. The van der Waals surface area contributed by atoms with E-state index in [0.717, 1.165) is 0 Å². The largest absolute Gasteiger partial charge is 0.478 e. The first kappa shape index (κ1) is 31.6. The third kappa shape index (κ3) is 7.07. The standard InChI is InChI=1S/2C9H7O9P/c10-7(11)3-1-4(8(12)13)6(9(14)15)5(2-3)19(16,17)18;10-7(11)3-1-2-4(19(16,17)18)6(9(14)15)5(3)8(12)13/h2*1-2H,(H,10,11)(H,12,13)(H,14,15)(H2,16,17,18). The number of aromatic carboxylic acids is 6. The zero-order valence-corrected chi connectivity index (χ0v) is 19.7. The first-order valence-corrected chi connectivity index (χ1v) is 12.2. The van der Waals surface area contributed by atoms with Crippen LogP contribution in [-0.2, 0) is 9.13 Å². The maximum Gasteiger partial charge on any atom is 0.357 e. The molecule has 18 nitrogen and oxygen atoms in total. The molecule has 0 saturated carbocycles. The molecule has 38 heavy (non-hydrogen) atoms. The summed E-state index contributed by atoms with van der Waals surface area (Å²) in [6.07, 6.45) is 0. The van der Waals surface area contributed by atoms with Gasteiger partial charge in [-0.3, -0.25) is 9.13 Å². The summed E-state index contributed by atoms with van der Waals surface area (Å²) >= 11 is 0. The molecule has 0 radical (unpaired) electrons. The van der Waals surface area contributed by atoms with Crippen LogP contribution in [0.4, 0.5) is 0 Å². The van der Waals surface area contributed by atoms with E-state index in [-0.39, 0.29) is 0 Å². The monoisotopic (exact) mass is 580 g/mol. The topological polar surface area (TPSA) is 339 Å². The zero-order valence-electron chi connectivity index (χ0n) is 17.9. The van der Waals surface area contributed by atoms with Crippen molar-refractivity contribution in [1.29, 1.82) is 0 Å². The molecule has 0 saturated heterocycles. The minimum atomic E-state index is -5.15. The van der Waals surface area contributed by atoms with Crippen molar-refractivity contribution in [3.05, 3.63) is 57.6 Å². The van der Waals surface area contributed by atoms with Crippen LogP contribution in [0.3, 0.4) is 0 Å². The number of carbonyl (C=O) groups is 6. The lowest BCUT2D eigenvalue weighted by molar-refractivity contribution is 0.0633. The molecular formula is C18H14O18P2. The van der Waals surface area contributed by atoms with Crippen LogP contribution in [-0.4, -0.2) is 86.0 Å². The second-order valence-electron chi connectivity index (χ2n) is 6.72. The summed E-state index contributed by atoms with van der Waals surface area (Å²) in [5.41, 5.74) is -6.17. The van der Waals surface area contributed by atoms with Gasteiger partial charge in [-0.1, -0.05) is 0 Å². The summed E-state index contributed by atoms with van der Waals surface area (Å²) in [6.45, 7) is 0. The molecule has 2 rings (SSSR count). The van der Waals surface area contributed by atoms with Crippen LogP contribution < -0.4 is 10.6 Å². The second-order valence-corrected chi connectivity index (χ2v) is 9.86. The molecule has 0 spiro atoms. The third-order valence-electron chi connectivity index (χ3n) is 4.28. The number of carboxylic acid groups (broad SMARTS) is 6. The van der Waals surface area contributed by atoms with Crippen molar-refractivity contribution in [1.82, 2.24) is 0 Å². The molecule has 0 amide bonds. The Kier molecular flexibility index (Phi) is 9.40. The van der Waals surface area contributed by atoms with Gasteiger partial charge in [-0.2, -0.15) is 0 Å². The molecule has 0 aliphatic heterocycles. The van der Waals surface area contributed by atoms with Crippen LogP contribution in [0.5, 0.6) is 0 Å². The van der Waals surface area contributed by atoms with Gasteiger partial charge in [0, 0.05) is 0 Å². The Labute approximate surface area is 208 Å². The summed E-state index contributed by atoms with van der Waals surface area (Å²) < 4.78 is 22.3. The highest BCUT2D eigenvalue weighted by atomic mass is 31.2.